The fourth-order valence-corrected chi connectivity index (χ4v) is 2.47. The molecule has 0 bridgehead atoms. The molecule has 1 atom stereocenters. The molecule has 1 aromatic rings. The molecule has 1 rings (SSSR count). The summed E-state index contributed by atoms with van der Waals surface area (Å²) in [6.07, 6.45) is 2.08. The minimum atomic E-state index is -3.38. The summed E-state index contributed by atoms with van der Waals surface area (Å²) in [7, 11) is -3.38. The van der Waals surface area contributed by atoms with Crippen molar-refractivity contribution in [2.24, 2.45) is 5.73 Å². The van der Waals surface area contributed by atoms with E-state index in [4.69, 9.17) is 5.73 Å². The van der Waals surface area contributed by atoms with Gasteiger partial charge in [0.15, 0.2) is 9.84 Å². The normalized spacial score (nSPS) is 13.8. The van der Waals surface area contributed by atoms with Crippen LogP contribution in [-0.2, 0) is 9.84 Å². The van der Waals surface area contributed by atoms with Gasteiger partial charge in [-0.05, 0) is 25.5 Å². The maximum Gasteiger partial charge on any atom is 0.199 e. The van der Waals surface area contributed by atoms with Crippen LogP contribution in [0.1, 0.15) is 13.3 Å². The first-order valence-electron chi connectivity index (χ1n) is 5.30. The highest BCUT2D eigenvalue weighted by molar-refractivity contribution is 7.94. The van der Waals surface area contributed by atoms with Crippen molar-refractivity contribution in [3.63, 3.8) is 0 Å². The Bertz CT molecular complexity index is 503. The second-order valence-electron chi connectivity index (χ2n) is 4.01. The molecule has 4 heteroatoms. The second kappa shape index (κ2) is 5.80. The smallest absolute Gasteiger partial charge is 0.199 e. The van der Waals surface area contributed by atoms with Gasteiger partial charge in [0.05, 0.1) is 4.90 Å². The van der Waals surface area contributed by atoms with Crippen molar-refractivity contribution in [1.29, 1.82) is 0 Å². The van der Waals surface area contributed by atoms with Crippen molar-refractivity contribution in [1.82, 2.24) is 0 Å². The molecular formula is C13H17NO2S. The Morgan fingerprint density at radius 3 is 2.53 bits per heavy atom. The molecule has 1 aromatic carbocycles. The van der Waals surface area contributed by atoms with Crippen molar-refractivity contribution < 1.29 is 8.42 Å². The van der Waals surface area contributed by atoms with Crippen LogP contribution in [0.3, 0.4) is 0 Å². The van der Waals surface area contributed by atoms with Gasteiger partial charge in [-0.1, -0.05) is 29.8 Å². The van der Waals surface area contributed by atoms with Crippen LogP contribution in [-0.4, -0.2) is 14.5 Å². The second-order valence-corrected chi connectivity index (χ2v) is 5.85. The average molecular weight is 251 g/mol. The summed E-state index contributed by atoms with van der Waals surface area (Å²) < 4.78 is 23.7. The molecule has 0 heterocycles. The lowest BCUT2D eigenvalue weighted by Crippen LogP contribution is -2.17. The predicted molar refractivity (Wildman–Crippen MR) is 70.2 cm³/mol. The van der Waals surface area contributed by atoms with Gasteiger partial charge in [0, 0.05) is 11.4 Å². The van der Waals surface area contributed by atoms with Gasteiger partial charge >= 0.3 is 0 Å². The molecule has 3 nitrogen and oxygen atoms in total. The number of hydrogen-bond acceptors (Lipinski definition) is 3. The van der Waals surface area contributed by atoms with Crippen molar-refractivity contribution in [3.05, 3.63) is 54.0 Å². The molecule has 0 aromatic heterocycles. The highest BCUT2D eigenvalue weighted by Crippen LogP contribution is 2.12. The van der Waals surface area contributed by atoms with Crippen LogP contribution in [0.25, 0.3) is 0 Å². The van der Waals surface area contributed by atoms with Gasteiger partial charge in [-0.25, -0.2) is 8.42 Å². The number of sulfone groups is 1. The van der Waals surface area contributed by atoms with Gasteiger partial charge in [0.25, 0.3) is 0 Å². The Balaban J connectivity index is 2.81. The number of benzene rings is 1. The minimum absolute atomic E-state index is 0.277. The SMILES string of the molecule is C=C(C)C[C@H](N)/C=C/S(=O)(=O)c1ccccc1. The van der Waals surface area contributed by atoms with E-state index in [-0.39, 0.29) is 10.9 Å². The maximum absolute atomic E-state index is 11.9. The third kappa shape index (κ3) is 4.54. The molecule has 0 aliphatic heterocycles. The van der Waals surface area contributed by atoms with Crippen LogP contribution in [0, 0.1) is 0 Å². The Kier molecular flexibility index (Phi) is 4.66. The van der Waals surface area contributed by atoms with Crippen molar-refractivity contribution in [3.8, 4) is 0 Å². The molecule has 0 saturated heterocycles. The molecule has 0 unspecified atom stereocenters. The summed E-state index contributed by atoms with van der Waals surface area (Å²) in [6.45, 7) is 5.59. The van der Waals surface area contributed by atoms with Crippen LogP contribution in [0.4, 0.5) is 0 Å². The average Bonchev–Trinajstić information content (AvgIpc) is 2.27. The van der Waals surface area contributed by atoms with Gasteiger partial charge < -0.3 is 5.73 Å². The standard InChI is InChI=1S/C13H17NO2S/c1-11(2)10-12(14)8-9-17(15,16)13-6-4-3-5-7-13/h3-9,12H,1,10,14H2,2H3/b9-8+/t12-/m1/s1. The van der Waals surface area contributed by atoms with E-state index in [9.17, 15) is 8.42 Å². The molecule has 0 radical (unpaired) electrons. The van der Waals surface area contributed by atoms with E-state index >= 15 is 0 Å². The molecule has 0 aliphatic rings. The Morgan fingerprint density at radius 2 is 2.00 bits per heavy atom. The Hall–Kier alpha value is -1.39. The van der Waals surface area contributed by atoms with Crippen LogP contribution >= 0.6 is 0 Å². The van der Waals surface area contributed by atoms with Gasteiger partial charge in [0.1, 0.15) is 0 Å². The summed E-state index contributed by atoms with van der Waals surface area (Å²) in [6, 6.07) is 7.96. The van der Waals surface area contributed by atoms with Crippen LogP contribution in [0.15, 0.2) is 58.9 Å². The maximum atomic E-state index is 11.9. The molecule has 0 spiro atoms. The molecule has 0 aliphatic carbocycles. The lowest BCUT2D eigenvalue weighted by Gasteiger charge is -2.05. The molecule has 2 N–H and O–H groups in total. The fraction of sp³-hybridized carbons (Fsp3) is 0.231. The predicted octanol–water partition coefficient (Wildman–Crippen LogP) is 2.27. The highest BCUT2D eigenvalue weighted by Gasteiger charge is 2.09. The van der Waals surface area contributed by atoms with Crippen molar-refractivity contribution >= 4 is 9.84 Å². The first-order chi connectivity index (χ1) is 7.92. The highest BCUT2D eigenvalue weighted by atomic mass is 32.2. The number of rotatable bonds is 5. The summed E-state index contributed by atoms with van der Waals surface area (Å²) >= 11 is 0. The quantitative estimate of drug-likeness (QED) is 0.817. The van der Waals surface area contributed by atoms with Crippen LogP contribution < -0.4 is 5.73 Å². The van der Waals surface area contributed by atoms with Crippen LogP contribution in [0.2, 0.25) is 0 Å². The topological polar surface area (TPSA) is 60.2 Å². The third-order valence-electron chi connectivity index (χ3n) is 2.16. The zero-order valence-electron chi connectivity index (χ0n) is 9.84. The van der Waals surface area contributed by atoms with E-state index in [1.165, 1.54) is 6.08 Å². The summed E-state index contributed by atoms with van der Waals surface area (Å²) in [5.41, 5.74) is 6.68. The first kappa shape index (κ1) is 13.7. The monoisotopic (exact) mass is 251 g/mol. The van der Waals surface area contributed by atoms with Crippen molar-refractivity contribution in [2.75, 3.05) is 0 Å². The van der Waals surface area contributed by atoms with E-state index < -0.39 is 9.84 Å². The van der Waals surface area contributed by atoms with E-state index in [1.807, 2.05) is 6.92 Å². The van der Waals surface area contributed by atoms with E-state index in [2.05, 4.69) is 6.58 Å². The Labute approximate surface area is 103 Å². The molecule has 17 heavy (non-hydrogen) atoms. The van der Waals surface area contributed by atoms with Gasteiger partial charge in [0.2, 0.25) is 0 Å². The molecular weight excluding hydrogens is 234 g/mol. The Morgan fingerprint density at radius 1 is 1.41 bits per heavy atom. The van der Waals surface area contributed by atoms with Crippen molar-refractivity contribution in [2.45, 2.75) is 24.3 Å². The van der Waals surface area contributed by atoms with Gasteiger partial charge in [-0.15, -0.1) is 6.58 Å². The minimum Gasteiger partial charge on any atom is -0.324 e. The van der Waals surface area contributed by atoms with E-state index in [0.29, 0.717) is 6.42 Å². The number of hydrogen-bond donors (Lipinski definition) is 1. The zero-order chi connectivity index (χ0) is 12.9. The molecule has 92 valence electrons. The summed E-state index contributed by atoms with van der Waals surface area (Å²) in [5.74, 6) is 0. The molecule has 0 amide bonds. The van der Waals surface area contributed by atoms with Gasteiger partial charge in [-0.2, -0.15) is 0 Å². The first-order valence-corrected chi connectivity index (χ1v) is 6.85. The summed E-state index contributed by atoms with van der Waals surface area (Å²) in [4.78, 5) is 0.277. The van der Waals surface area contributed by atoms with E-state index in [1.54, 1.807) is 30.3 Å². The molecule has 0 saturated carbocycles. The van der Waals surface area contributed by atoms with Crippen LogP contribution in [0.5, 0.6) is 0 Å². The number of nitrogens with two attached hydrogens (primary N) is 1. The lowest BCUT2D eigenvalue weighted by molar-refractivity contribution is 0.604. The zero-order valence-corrected chi connectivity index (χ0v) is 10.7. The largest absolute Gasteiger partial charge is 0.324 e. The van der Waals surface area contributed by atoms with Gasteiger partial charge in [-0.3, -0.25) is 0 Å². The van der Waals surface area contributed by atoms with E-state index in [0.717, 1.165) is 11.0 Å². The fourth-order valence-electron chi connectivity index (χ4n) is 1.36. The molecule has 0 fully saturated rings. The lowest BCUT2D eigenvalue weighted by atomic mass is 10.1. The third-order valence-corrected chi connectivity index (χ3v) is 3.61. The summed E-state index contributed by atoms with van der Waals surface area (Å²) in [5, 5.41) is 1.16.